The van der Waals surface area contributed by atoms with E-state index < -0.39 is 22.0 Å². The molecule has 0 amide bonds. The smallest absolute Gasteiger partial charge is 0.324 e. The van der Waals surface area contributed by atoms with E-state index in [4.69, 9.17) is 9.26 Å². The van der Waals surface area contributed by atoms with Crippen molar-refractivity contribution in [2.45, 2.75) is 43.7 Å². The molecule has 33 heavy (non-hydrogen) atoms. The number of hydrogen-bond acceptors (Lipinski definition) is 9. The molecule has 0 spiro atoms. The monoisotopic (exact) mass is 470 g/mol. The molecule has 0 aliphatic carbocycles. The molecule has 1 saturated heterocycles. The van der Waals surface area contributed by atoms with Crippen LogP contribution in [-0.2, 0) is 26.2 Å². The summed E-state index contributed by atoms with van der Waals surface area (Å²) in [6, 6.07) is 8.21. The highest BCUT2D eigenvalue weighted by Gasteiger charge is 2.38. The minimum atomic E-state index is -3.95. The van der Waals surface area contributed by atoms with Gasteiger partial charge in [-0.25, -0.2) is 8.42 Å². The van der Waals surface area contributed by atoms with E-state index in [0.717, 1.165) is 4.31 Å². The number of Topliss-reactive ketones (excluding diaryl/α,β-unsaturated/α-hetero) is 1. The van der Waals surface area contributed by atoms with Crippen LogP contribution in [0.2, 0.25) is 0 Å². The lowest BCUT2D eigenvalue weighted by Crippen LogP contribution is -2.48. The van der Waals surface area contributed by atoms with Crippen LogP contribution < -0.4 is 0 Å². The zero-order valence-corrected chi connectivity index (χ0v) is 18.7. The third kappa shape index (κ3) is 4.99. The second-order valence-corrected chi connectivity index (χ2v) is 9.46. The van der Waals surface area contributed by atoms with Gasteiger partial charge in [0.1, 0.15) is 6.04 Å². The Morgan fingerprint density at radius 3 is 2.67 bits per heavy atom. The minimum absolute atomic E-state index is 0.0187. The molecule has 1 unspecified atom stereocenters. The van der Waals surface area contributed by atoms with Crippen molar-refractivity contribution in [2.24, 2.45) is 0 Å². The molecule has 1 aromatic carbocycles. The summed E-state index contributed by atoms with van der Waals surface area (Å²) in [5.41, 5.74) is 1.06. The van der Waals surface area contributed by atoms with E-state index in [9.17, 15) is 18.0 Å². The fraction of sp³-hybridized carbons (Fsp3) is 0.318. The van der Waals surface area contributed by atoms with Gasteiger partial charge in [-0.05, 0) is 50.5 Å². The molecule has 172 valence electrons. The first kappa shape index (κ1) is 22.7. The zero-order chi connectivity index (χ0) is 23.4. The number of nitrogens with zero attached hydrogens (tertiary/aromatic N) is 4. The summed E-state index contributed by atoms with van der Waals surface area (Å²) in [5, 5.41) is 3.84. The Kier molecular flexibility index (Phi) is 6.61. The van der Waals surface area contributed by atoms with Crippen molar-refractivity contribution in [1.82, 2.24) is 19.4 Å². The maximum absolute atomic E-state index is 13.2. The largest absolute Gasteiger partial charge is 0.454 e. The van der Waals surface area contributed by atoms with Gasteiger partial charge >= 0.3 is 5.97 Å². The molecule has 0 saturated carbocycles. The number of esters is 1. The first-order chi connectivity index (χ1) is 15.9. The fourth-order valence-corrected chi connectivity index (χ4v) is 5.23. The number of carbonyl (C=O) groups excluding carboxylic acids is 2. The van der Waals surface area contributed by atoms with Crippen molar-refractivity contribution in [3.63, 3.8) is 0 Å². The molecule has 2 aromatic heterocycles. The standard InChI is InChI=1S/C22H22N4O6S/c1-15(27)16-7-9-18(10-8-16)33(29,30)26-12-3-2-6-19(26)22(28)31-14-20-24-21(25-32-20)17-5-4-11-23-13-17/h4-5,7-11,13,19H,2-3,6,12,14H2,1H3. The van der Waals surface area contributed by atoms with Crippen LogP contribution in [0.1, 0.15) is 42.4 Å². The van der Waals surface area contributed by atoms with Crippen LogP contribution in [0.4, 0.5) is 0 Å². The van der Waals surface area contributed by atoms with Crippen molar-refractivity contribution in [2.75, 3.05) is 6.54 Å². The maximum Gasteiger partial charge on any atom is 0.324 e. The van der Waals surface area contributed by atoms with Crippen molar-refractivity contribution in [1.29, 1.82) is 0 Å². The number of ether oxygens (including phenoxy) is 1. The molecule has 0 bridgehead atoms. The fourth-order valence-electron chi connectivity index (χ4n) is 3.58. The van der Waals surface area contributed by atoms with E-state index in [2.05, 4.69) is 15.1 Å². The molecule has 1 aliphatic rings. The van der Waals surface area contributed by atoms with Gasteiger partial charge in [-0.2, -0.15) is 9.29 Å². The second kappa shape index (κ2) is 9.59. The van der Waals surface area contributed by atoms with Gasteiger partial charge in [0.05, 0.1) is 4.90 Å². The molecule has 4 rings (SSSR count). The Hall–Kier alpha value is -3.44. The number of piperidine rings is 1. The van der Waals surface area contributed by atoms with Gasteiger partial charge in [0.2, 0.25) is 15.8 Å². The van der Waals surface area contributed by atoms with Gasteiger partial charge in [-0.1, -0.05) is 17.3 Å². The molecule has 1 aliphatic heterocycles. The topological polar surface area (TPSA) is 133 Å². The van der Waals surface area contributed by atoms with E-state index in [0.29, 0.717) is 36.2 Å². The summed E-state index contributed by atoms with van der Waals surface area (Å²) < 4.78 is 38.0. The molecule has 0 N–H and O–H groups in total. The number of benzene rings is 1. The van der Waals surface area contributed by atoms with E-state index in [-0.39, 0.29) is 29.7 Å². The molecular weight excluding hydrogens is 448 g/mol. The first-order valence-corrected chi connectivity index (χ1v) is 11.8. The number of pyridine rings is 1. The highest BCUT2D eigenvalue weighted by molar-refractivity contribution is 7.89. The first-order valence-electron chi connectivity index (χ1n) is 10.4. The summed E-state index contributed by atoms with van der Waals surface area (Å²) in [5.74, 6) is -0.442. The summed E-state index contributed by atoms with van der Waals surface area (Å²) in [6.45, 7) is 1.33. The highest BCUT2D eigenvalue weighted by atomic mass is 32.2. The van der Waals surface area contributed by atoms with Gasteiger partial charge in [0, 0.05) is 30.1 Å². The van der Waals surface area contributed by atoms with Crippen molar-refractivity contribution >= 4 is 21.8 Å². The van der Waals surface area contributed by atoms with E-state index in [1.165, 1.54) is 31.2 Å². The van der Waals surface area contributed by atoms with Crippen LogP contribution in [0.25, 0.3) is 11.4 Å². The number of sulfonamides is 1. The minimum Gasteiger partial charge on any atom is -0.454 e. The summed E-state index contributed by atoms with van der Waals surface area (Å²) >= 11 is 0. The van der Waals surface area contributed by atoms with Gasteiger partial charge in [-0.15, -0.1) is 0 Å². The average molecular weight is 471 g/mol. The lowest BCUT2D eigenvalue weighted by Gasteiger charge is -2.32. The molecule has 1 atom stereocenters. The van der Waals surface area contributed by atoms with Gasteiger partial charge in [-0.3, -0.25) is 14.6 Å². The molecule has 10 nitrogen and oxygen atoms in total. The van der Waals surface area contributed by atoms with Gasteiger partial charge < -0.3 is 9.26 Å². The normalized spacial score (nSPS) is 16.9. The number of ketones is 1. The highest BCUT2D eigenvalue weighted by Crippen LogP contribution is 2.27. The van der Waals surface area contributed by atoms with E-state index in [1.807, 2.05) is 0 Å². The molecule has 3 aromatic rings. The Balaban J connectivity index is 1.46. The third-order valence-corrected chi connectivity index (χ3v) is 7.24. The van der Waals surface area contributed by atoms with Gasteiger partial charge in [0.25, 0.3) is 5.89 Å². The summed E-state index contributed by atoms with van der Waals surface area (Å²) in [6.07, 6.45) is 4.87. The van der Waals surface area contributed by atoms with Crippen LogP contribution in [0.15, 0.2) is 58.2 Å². The quantitative estimate of drug-likeness (QED) is 0.377. The lowest BCUT2D eigenvalue weighted by atomic mass is 10.1. The average Bonchev–Trinajstić information content (AvgIpc) is 3.32. The van der Waals surface area contributed by atoms with Crippen LogP contribution in [0.3, 0.4) is 0 Å². The number of carbonyl (C=O) groups is 2. The van der Waals surface area contributed by atoms with E-state index >= 15 is 0 Å². The molecule has 3 heterocycles. The van der Waals surface area contributed by atoms with Crippen LogP contribution in [-0.4, -0.2) is 52.2 Å². The van der Waals surface area contributed by atoms with Crippen molar-refractivity contribution < 1.29 is 27.3 Å². The lowest BCUT2D eigenvalue weighted by molar-refractivity contribution is -0.151. The Labute approximate surface area is 190 Å². The molecule has 0 radical (unpaired) electrons. The third-order valence-electron chi connectivity index (χ3n) is 5.32. The van der Waals surface area contributed by atoms with Crippen molar-refractivity contribution in [3.8, 4) is 11.4 Å². The maximum atomic E-state index is 13.2. The van der Waals surface area contributed by atoms with E-state index in [1.54, 1.807) is 24.5 Å². The zero-order valence-electron chi connectivity index (χ0n) is 17.9. The Bertz CT molecular complexity index is 1240. The SMILES string of the molecule is CC(=O)c1ccc(S(=O)(=O)N2CCCCC2C(=O)OCc2nc(-c3cccnc3)no2)cc1. The molecule has 1 fully saturated rings. The number of hydrogen-bond donors (Lipinski definition) is 0. The number of aromatic nitrogens is 3. The summed E-state index contributed by atoms with van der Waals surface area (Å²) in [4.78, 5) is 32.5. The van der Waals surface area contributed by atoms with Crippen LogP contribution >= 0.6 is 0 Å². The predicted molar refractivity (Wildman–Crippen MR) is 115 cm³/mol. The molecular formula is C22H22N4O6S. The molecule has 11 heteroatoms. The van der Waals surface area contributed by atoms with Crippen molar-refractivity contribution in [3.05, 3.63) is 60.2 Å². The number of rotatable bonds is 7. The predicted octanol–water partition coefficient (Wildman–Crippen LogP) is 2.62. The van der Waals surface area contributed by atoms with Crippen LogP contribution in [0, 0.1) is 0 Å². The van der Waals surface area contributed by atoms with Gasteiger partial charge in [0.15, 0.2) is 12.4 Å². The second-order valence-electron chi connectivity index (χ2n) is 7.57. The Morgan fingerprint density at radius 2 is 1.97 bits per heavy atom. The summed E-state index contributed by atoms with van der Waals surface area (Å²) in [7, 11) is -3.95. The van der Waals surface area contributed by atoms with Crippen LogP contribution in [0.5, 0.6) is 0 Å². The Morgan fingerprint density at radius 1 is 1.18 bits per heavy atom.